The van der Waals surface area contributed by atoms with Gasteiger partial charge in [0.05, 0.1) is 0 Å². The van der Waals surface area contributed by atoms with Gasteiger partial charge in [0.25, 0.3) is 17.7 Å². The van der Waals surface area contributed by atoms with Crippen LogP contribution >= 0.6 is 0 Å². The molecule has 0 saturated heterocycles. The molecule has 0 unspecified atom stereocenters. The van der Waals surface area contributed by atoms with Gasteiger partial charge in [0.1, 0.15) is 23.1 Å². The Hall–Kier alpha value is -4.27. The molecule has 4 aromatic rings. The van der Waals surface area contributed by atoms with E-state index >= 15 is 0 Å². The number of aryl methyl sites for hydroxylation is 2. The number of hydrogen-bond acceptors (Lipinski definition) is 8. The number of ether oxygens (including phenoxy) is 1. The fraction of sp³-hybridized carbons (Fsp3) is 0.269. The van der Waals surface area contributed by atoms with Crippen molar-refractivity contribution in [3.63, 3.8) is 0 Å². The van der Waals surface area contributed by atoms with Gasteiger partial charge in [-0.3, -0.25) is 4.79 Å². The highest BCUT2D eigenvalue weighted by Gasteiger charge is 2.27. The summed E-state index contributed by atoms with van der Waals surface area (Å²) in [5.41, 5.74) is 3.42. The van der Waals surface area contributed by atoms with Gasteiger partial charge in [0.2, 0.25) is 0 Å². The van der Waals surface area contributed by atoms with E-state index in [1.807, 2.05) is 57.2 Å². The zero-order valence-electron chi connectivity index (χ0n) is 19.9. The van der Waals surface area contributed by atoms with Gasteiger partial charge in [0, 0.05) is 11.1 Å². The molecular weight excluding hydrogens is 448 g/mol. The summed E-state index contributed by atoms with van der Waals surface area (Å²) in [5.74, 6) is -0.285. The average Bonchev–Trinajstić information content (AvgIpc) is 3.47. The SMILES string of the molecule is Cc1cccc(C(=O)N[C@H](C(=O)OCc2nnc(-c3c(-c4ccccc4)noc3C)o2)C(C)C)c1. The Balaban J connectivity index is 1.44. The monoisotopic (exact) mass is 474 g/mol. The number of nitrogens with zero attached hydrogens (tertiary/aromatic N) is 3. The number of amides is 1. The van der Waals surface area contributed by atoms with Crippen molar-refractivity contribution in [2.75, 3.05) is 0 Å². The predicted octanol–water partition coefficient (Wildman–Crippen LogP) is 4.51. The Kier molecular flexibility index (Phi) is 7.05. The van der Waals surface area contributed by atoms with Gasteiger partial charge in [-0.25, -0.2) is 4.79 Å². The molecule has 0 aliphatic carbocycles. The van der Waals surface area contributed by atoms with Crippen LogP contribution in [0.25, 0.3) is 22.7 Å². The summed E-state index contributed by atoms with van der Waals surface area (Å²) in [5, 5.41) is 14.9. The van der Waals surface area contributed by atoms with Crippen molar-refractivity contribution in [3.05, 3.63) is 77.4 Å². The van der Waals surface area contributed by atoms with E-state index in [1.54, 1.807) is 25.1 Å². The van der Waals surface area contributed by atoms with Crippen molar-refractivity contribution in [2.45, 2.75) is 40.3 Å². The molecule has 9 nitrogen and oxygen atoms in total. The van der Waals surface area contributed by atoms with E-state index in [0.717, 1.165) is 11.1 Å². The molecule has 2 aromatic carbocycles. The van der Waals surface area contributed by atoms with Crippen LogP contribution < -0.4 is 5.32 Å². The van der Waals surface area contributed by atoms with Gasteiger partial charge >= 0.3 is 5.97 Å². The highest BCUT2D eigenvalue weighted by molar-refractivity contribution is 5.97. The number of esters is 1. The maximum absolute atomic E-state index is 12.8. The average molecular weight is 475 g/mol. The molecule has 1 N–H and O–H groups in total. The van der Waals surface area contributed by atoms with Crippen molar-refractivity contribution < 1.29 is 23.3 Å². The van der Waals surface area contributed by atoms with Crippen LogP contribution in [-0.4, -0.2) is 33.3 Å². The van der Waals surface area contributed by atoms with Crippen LogP contribution in [0.1, 0.15) is 41.4 Å². The topological polar surface area (TPSA) is 120 Å². The molecule has 2 heterocycles. The molecule has 2 aromatic heterocycles. The van der Waals surface area contributed by atoms with E-state index in [0.29, 0.717) is 22.6 Å². The molecule has 0 saturated carbocycles. The molecule has 0 bridgehead atoms. The van der Waals surface area contributed by atoms with E-state index in [1.165, 1.54) is 0 Å². The van der Waals surface area contributed by atoms with E-state index in [9.17, 15) is 9.59 Å². The van der Waals surface area contributed by atoms with Crippen LogP contribution in [-0.2, 0) is 16.1 Å². The lowest BCUT2D eigenvalue weighted by molar-refractivity contribution is -0.149. The summed E-state index contributed by atoms with van der Waals surface area (Å²) in [7, 11) is 0. The third kappa shape index (κ3) is 5.46. The number of carbonyl (C=O) groups excluding carboxylic acids is 2. The lowest BCUT2D eigenvalue weighted by Gasteiger charge is -2.20. The van der Waals surface area contributed by atoms with E-state index in [4.69, 9.17) is 13.7 Å². The van der Waals surface area contributed by atoms with Crippen molar-refractivity contribution >= 4 is 11.9 Å². The predicted molar refractivity (Wildman–Crippen MR) is 127 cm³/mol. The molecule has 1 amide bonds. The molecule has 4 rings (SSSR count). The largest absolute Gasteiger partial charge is 0.454 e. The van der Waals surface area contributed by atoms with Crippen LogP contribution in [0, 0.1) is 19.8 Å². The van der Waals surface area contributed by atoms with Crippen LogP contribution in [0.5, 0.6) is 0 Å². The molecule has 0 fully saturated rings. The first-order valence-corrected chi connectivity index (χ1v) is 11.2. The van der Waals surface area contributed by atoms with E-state index < -0.39 is 12.0 Å². The van der Waals surface area contributed by atoms with Crippen molar-refractivity contribution in [3.8, 4) is 22.7 Å². The number of benzene rings is 2. The Morgan fingerprint density at radius 3 is 2.51 bits per heavy atom. The molecule has 9 heteroatoms. The Morgan fingerprint density at radius 1 is 1.03 bits per heavy atom. The molecule has 0 aliphatic heterocycles. The summed E-state index contributed by atoms with van der Waals surface area (Å²) in [6.07, 6.45) is 0. The summed E-state index contributed by atoms with van der Waals surface area (Å²) in [4.78, 5) is 25.4. The molecule has 35 heavy (non-hydrogen) atoms. The Bertz CT molecular complexity index is 1330. The minimum absolute atomic E-state index is 0.112. The minimum atomic E-state index is -0.838. The Labute approximate surface area is 202 Å². The first-order chi connectivity index (χ1) is 16.8. The lowest BCUT2D eigenvalue weighted by Crippen LogP contribution is -2.45. The van der Waals surface area contributed by atoms with Crippen LogP contribution in [0.4, 0.5) is 0 Å². The molecule has 1 atom stereocenters. The number of rotatable bonds is 8. The van der Waals surface area contributed by atoms with Gasteiger partial charge in [-0.1, -0.05) is 67.0 Å². The maximum atomic E-state index is 12.8. The molecule has 0 aliphatic rings. The van der Waals surface area contributed by atoms with Crippen molar-refractivity contribution in [1.82, 2.24) is 20.7 Å². The summed E-state index contributed by atoms with van der Waals surface area (Å²) in [6, 6.07) is 15.8. The first kappa shape index (κ1) is 23.9. The van der Waals surface area contributed by atoms with Crippen molar-refractivity contribution in [2.24, 2.45) is 5.92 Å². The van der Waals surface area contributed by atoms with Gasteiger partial charge in [-0.2, -0.15) is 0 Å². The van der Waals surface area contributed by atoms with E-state index in [2.05, 4.69) is 20.7 Å². The smallest absolute Gasteiger partial charge is 0.329 e. The number of nitrogens with one attached hydrogen (secondary N) is 1. The maximum Gasteiger partial charge on any atom is 0.329 e. The molecule has 0 radical (unpaired) electrons. The number of carbonyl (C=O) groups is 2. The summed E-state index contributed by atoms with van der Waals surface area (Å²) in [6.45, 7) is 7.07. The third-order valence-corrected chi connectivity index (χ3v) is 5.42. The normalized spacial score (nSPS) is 11.9. The van der Waals surface area contributed by atoms with E-state index in [-0.39, 0.29) is 30.2 Å². The molecular formula is C26H26N4O5. The van der Waals surface area contributed by atoms with Gasteiger partial charge in [0.15, 0.2) is 6.61 Å². The first-order valence-electron chi connectivity index (χ1n) is 11.2. The minimum Gasteiger partial charge on any atom is -0.454 e. The molecule has 180 valence electrons. The fourth-order valence-corrected chi connectivity index (χ4v) is 3.56. The quantitative estimate of drug-likeness (QED) is 0.371. The van der Waals surface area contributed by atoms with Crippen LogP contribution in [0.3, 0.4) is 0 Å². The second kappa shape index (κ2) is 10.3. The standard InChI is InChI=1S/C26H26N4O5/c1-15(2)22(27-24(31)19-12-8-9-16(3)13-19)26(32)33-14-20-28-29-25(34-20)21-17(4)35-30-23(21)18-10-6-5-7-11-18/h5-13,15,22H,14H2,1-4H3,(H,27,31)/t22-/m0/s1. The fourth-order valence-electron chi connectivity index (χ4n) is 3.56. The van der Waals surface area contributed by atoms with Crippen LogP contribution in [0.15, 0.2) is 63.5 Å². The van der Waals surface area contributed by atoms with Gasteiger partial charge in [-0.15, -0.1) is 10.2 Å². The summed E-state index contributed by atoms with van der Waals surface area (Å²) < 4.78 is 16.5. The van der Waals surface area contributed by atoms with Crippen molar-refractivity contribution in [1.29, 1.82) is 0 Å². The summed E-state index contributed by atoms with van der Waals surface area (Å²) >= 11 is 0. The lowest BCUT2D eigenvalue weighted by atomic mass is 10.0. The number of hydrogen-bond donors (Lipinski definition) is 1. The second-order valence-electron chi connectivity index (χ2n) is 8.50. The highest BCUT2D eigenvalue weighted by Crippen LogP contribution is 2.33. The van der Waals surface area contributed by atoms with Gasteiger partial charge in [-0.05, 0) is 31.9 Å². The van der Waals surface area contributed by atoms with Crippen LogP contribution in [0.2, 0.25) is 0 Å². The second-order valence-corrected chi connectivity index (χ2v) is 8.50. The highest BCUT2D eigenvalue weighted by atomic mass is 16.5. The zero-order valence-corrected chi connectivity index (χ0v) is 19.9. The van der Waals surface area contributed by atoms with Gasteiger partial charge < -0.3 is 19.0 Å². The Morgan fingerprint density at radius 2 is 1.80 bits per heavy atom. The number of aromatic nitrogens is 3. The molecule has 0 spiro atoms. The third-order valence-electron chi connectivity index (χ3n) is 5.42. The zero-order chi connectivity index (χ0) is 24.9.